The maximum atomic E-state index is 5.17. The van der Waals surface area contributed by atoms with Crippen LogP contribution in [0.5, 0.6) is 0 Å². The van der Waals surface area contributed by atoms with Crippen molar-refractivity contribution in [1.82, 2.24) is 0 Å². The van der Waals surface area contributed by atoms with Crippen LogP contribution < -0.4 is 0 Å². The molecular weight excluding hydrogens is 123 g/mol. The number of rotatable bonds is 2. The highest BCUT2D eigenvalue weighted by molar-refractivity contribution is 6.29. The fourth-order valence-corrected chi connectivity index (χ4v) is 0.301. The third-order valence-corrected chi connectivity index (χ3v) is 0.429. The molecule has 0 aromatic heterocycles. The van der Waals surface area contributed by atoms with E-state index < -0.39 is 0 Å². The van der Waals surface area contributed by atoms with E-state index in [-0.39, 0.29) is 6.61 Å². The van der Waals surface area contributed by atoms with Crippen molar-refractivity contribution in [3.05, 3.63) is 11.6 Å². The Morgan fingerprint density at radius 2 is 2.33 bits per heavy atom. The largest absolute Gasteiger partial charge is 0.274 e. The van der Waals surface area contributed by atoms with Gasteiger partial charge in [-0.05, 0) is 0 Å². The second-order valence-corrected chi connectivity index (χ2v) is 1.52. The molecule has 0 unspecified atom stereocenters. The number of hydrogen-bond donors (Lipinski definition) is 0. The summed E-state index contributed by atoms with van der Waals surface area (Å²) in [5, 5.41) is 0.407. The van der Waals surface area contributed by atoms with Gasteiger partial charge in [-0.1, -0.05) is 18.2 Å². The van der Waals surface area contributed by atoms with Crippen molar-refractivity contribution in [1.29, 1.82) is 0 Å². The summed E-state index contributed by atoms with van der Waals surface area (Å²) in [6.45, 7) is 3.51. The second kappa shape index (κ2) is 3.47. The van der Waals surface area contributed by atoms with E-state index in [4.69, 9.17) is 23.5 Å². The standard InChI is InChI=1S/C3H4Cl2O/c1-3(4)2-6-5/h1-2H2. The lowest BCUT2D eigenvalue weighted by atomic mass is 10.7. The number of halogens is 2. The van der Waals surface area contributed by atoms with E-state index in [1.54, 1.807) is 0 Å². The molecule has 0 rings (SSSR count). The molecule has 36 valence electrons. The average Bonchev–Trinajstić information content (AvgIpc) is 1.35. The van der Waals surface area contributed by atoms with E-state index in [9.17, 15) is 0 Å². The van der Waals surface area contributed by atoms with Crippen LogP contribution in [0.1, 0.15) is 0 Å². The van der Waals surface area contributed by atoms with Crippen molar-refractivity contribution in [2.45, 2.75) is 0 Å². The van der Waals surface area contributed by atoms with Crippen molar-refractivity contribution >= 4 is 23.5 Å². The Morgan fingerprint density at radius 1 is 1.83 bits per heavy atom. The van der Waals surface area contributed by atoms with Gasteiger partial charge in [-0.15, -0.1) is 0 Å². The van der Waals surface area contributed by atoms with Crippen LogP contribution in [0, 0.1) is 0 Å². The molecule has 0 spiro atoms. The lowest BCUT2D eigenvalue weighted by molar-refractivity contribution is 0.400. The molecule has 0 radical (unpaired) electrons. The molecule has 0 fully saturated rings. The first-order valence-electron chi connectivity index (χ1n) is 1.34. The normalized spacial score (nSPS) is 8.33. The third kappa shape index (κ3) is 4.28. The molecule has 0 aromatic carbocycles. The molecule has 0 saturated carbocycles. The van der Waals surface area contributed by atoms with Crippen LogP contribution in [-0.2, 0) is 4.29 Å². The highest BCUT2D eigenvalue weighted by Crippen LogP contribution is 1.96. The third-order valence-electron chi connectivity index (χ3n) is 0.211. The van der Waals surface area contributed by atoms with Gasteiger partial charge in [0.25, 0.3) is 0 Å². The van der Waals surface area contributed by atoms with Gasteiger partial charge in [0.15, 0.2) is 0 Å². The smallest absolute Gasteiger partial charge is 0.103 e. The van der Waals surface area contributed by atoms with Gasteiger partial charge in [0, 0.05) is 5.03 Å². The zero-order valence-corrected chi connectivity index (χ0v) is 4.59. The summed E-state index contributed by atoms with van der Waals surface area (Å²) in [5.74, 6) is 0. The van der Waals surface area contributed by atoms with Crippen LogP contribution in [0.15, 0.2) is 11.6 Å². The van der Waals surface area contributed by atoms with Crippen molar-refractivity contribution in [3.63, 3.8) is 0 Å². The van der Waals surface area contributed by atoms with Crippen molar-refractivity contribution in [3.8, 4) is 0 Å². The Morgan fingerprint density at radius 3 is 2.33 bits per heavy atom. The molecule has 0 saturated heterocycles. The lowest BCUT2D eigenvalue weighted by Crippen LogP contribution is -1.77. The van der Waals surface area contributed by atoms with E-state index in [2.05, 4.69) is 10.9 Å². The maximum Gasteiger partial charge on any atom is 0.103 e. The van der Waals surface area contributed by atoms with Gasteiger partial charge in [-0.2, -0.15) is 0 Å². The van der Waals surface area contributed by atoms with Crippen LogP contribution in [-0.4, -0.2) is 6.61 Å². The lowest BCUT2D eigenvalue weighted by Gasteiger charge is -1.84. The van der Waals surface area contributed by atoms with Gasteiger partial charge < -0.3 is 0 Å². The summed E-state index contributed by atoms with van der Waals surface area (Å²) >= 11 is 9.93. The summed E-state index contributed by atoms with van der Waals surface area (Å²) in [6.07, 6.45) is 0. The Bertz CT molecular complexity index is 52.8. The molecule has 0 atom stereocenters. The molecule has 0 aliphatic heterocycles. The van der Waals surface area contributed by atoms with E-state index in [0.29, 0.717) is 5.03 Å². The Labute approximate surface area is 46.7 Å². The quantitative estimate of drug-likeness (QED) is 0.550. The topological polar surface area (TPSA) is 9.23 Å². The minimum atomic E-state index is 0.211. The minimum Gasteiger partial charge on any atom is -0.274 e. The van der Waals surface area contributed by atoms with Gasteiger partial charge in [0.1, 0.15) is 6.61 Å². The van der Waals surface area contributed by atoms with Gasteiger partial charge in [0.2, 0.25) is 0 Å². The molecule has 3 heteroatoms. The molecule has 0 aliphatic rings. The fourth-order valence-electron chi connectivity index (χ4n) is 0.0592. The van der Waals surface area contributed by atoms with E-state index in [1.807, 2.05) is 0 Å². The average molecular weight is 127 g/mol. The summed E-state index contributed by atoms with van der Waals surface area (Å²) < 4.78 is 4.04. The summed E-state index contributed by atoms with van der Waals surface area (Å²) in [5.41, 5.74) is 0. The molecule has 6 heavy (non-hydrogen) atoms. The molecule has 0 aliphatic carbocycles. The van der Waals surface area contributed by atoms with Crippen LogP contribution >= 0.6 is 23.5 Å². The van der Waals surface area contributed by atoms with Crippen molar-refractivity contribution in [2.24, 2.45) is 0 Å². The molecule has 0 bridgehead atoms. The summed E-state index contributed by atoms with van der Waals surface area (Å²) in [7, 11) is 0. The first-order chi connectivity index (χ1) is 2.77. The Kier molecular flexibility index (Phi) is 3.63. The number of hydrogen-bond acceptors (Lipinski definition) is 1. The van der Waals surface area contributed by atoms with Crippen LogP contribution in [0.2, 0.25) is 0 Å². The Balaban J connectivity index is 2.83. The van der Waals surface area contributed by atoms with Crippen LogP contribution in [0.3, 0.4) is 0 Å². The van der Waals surface area contributed by atoms with E-state index in [1.165, 1.54) is 0 Å². The second-order valence-electron chi connectivity index (χ2n) is 0.771. The highest BCUT2D eigenvalue weighted by Gasteiger charge is 1.80. The predicted octanol–water partition coefficient (Wildman–Crippen LogP) is 1.91. The summed E-state index contributed by atoms with van der Waals surface area (Å²) in [6, 6.07) is 0. The highest BCUT2D eigenvalue weighted by atomic mass is 35.5. The minimum absolute atomic E-state index is 0.211. The van der Waals surface area contributed by atoms with Gasteiger partial charge in [-0.3, -0.25) is 4.29 Å². The van der Waals surface area contributed by atoms with E-state index in [0.717, 1.165) is 0 Å². The van der Waals surface area contributed by atoms with Gasteiger partial charge in [0.05, 0.1) is 11.9 Å². The first kappa shape index (κ1) is 6.28. The summed E-state index contributed by atoms with van der Waals surface area (Å²) in [4.78, 5) is 0. The fraction of sp³-hybridized carbons (Fsp3) is 0.333. The SMILES string of the molecule is C=C(Cl)COCl. The first-order valence-corrected chi connectivity index (χ1v) is 2.03. The van der Waals surface area contributed by atoms with Crippen molar-refractivity contribution in [2.75, 3.05) is 6.61 Å². The maximum absolute atomic E-state index is 5.17. The zero-order chi connectivity index (χ0) is 4.99. The Hall–Kier alpha value is 0.280. The van der Waals surface area contributed by atoms with Crippen LogP contribution in [0.4, 0.5) is 0 Å². The molecule has 0 N–H and O–H groups in total. The molecule has 0 heterocycles. The predicted molar refractivity (Wildman–Crippen MR) is 26.8 cm³/mol. The monoisotopic (exact) mass is 126 g/mol. The molecule has 0 amide bonds. The van der Waals surface area contributed by atoms with E-state index >= 15 is 0 Å². The molecular formula is C3H4Cl2O. The van der Waals surface area contributed by atoms with Gasteiger partial charge >= 0.3 is 0 Å². The molecule has 1 nitrogen and oxygen atoms in total. The van der Waals surface area contributed by atoms with Crippen molar-refractivity contribution < 1.29 is 4.29 Å². The zero-order valence-electron chi connectivity index (χ0n) is 3.08. The van der Waals surface area contributed by atoms with Crippen LogP contribution in [0.25, 0.3) is 0 Å². The van der Waals surface area contributed by atoms with Gasteiger partial charge in [-0.25, -0.2) is 0 Å². The molecule has 0 aromatic rings.